The monoisotopic (exact) mass is 380 g/mol. The zero-order valence-corrected chi connectivity index (χ0v) is 15.3. The van der Waals surface area contributed by atoms with Gasteiger partial charge in [-0.1, -0.05) is 17.7 Å². The van der Waals surface area contributed by atoms with E-state index in [-0.39, 0.29) is 18.4 Å². The van der Waals surface area contributed by atoms with Crippen LogP contribution < -0.4 is 10.6 Å². The van der Waals surface area contributed by atoms with E-state index in [4.69, 9.17) is 11.6 Å². The second-order valence-corrected chi connectivity index (χ2v) is 6.25. The number of aromatic nitrogens is 2. The summed E-state index contributed by atoms with van der Waals surface area (Å²) in [6.07, 6.45) is 4.70. The molecule has 3 aromatic rings. The van der Waals surface area contributed by atoms with Gasteiger partial charge in [-0.05, 0) is 48.9 Å². The van der Waals surface area contributed by atoms with Gasteiger partial charge in [-0.2, -0.15) is 0 Å². The molecule has 3 rings (SSSR count). The molecule has 2 amide bonds. The molecule has 0 unspecified atom stereocenters. The van der Waals surface area contributed by atoms with Crippen LogP contribution in [0.1, 0.15) is 32.0 Å². The second-order valence-electron chi connectivity index (χ2n) is 5.84. The van der Waals surface area contributed by atoms with Crippen LogP contribution in [0.15, 0.2) is 61.1 Å². The largest absolute Gasteiger partial charge is 0.346 e. The molecule has 27 heavy (non-hydrogen) atoms. The number of benzene rings is 1. The highest BCUT2D eigenvalue weighted by Crippen LogP contribution is 2.18. The van der Waals surface area contributed by atoms with Gasteiger partial charge in [-0.3, -0.25) is 19.6 Å². The number of hydrogen-bond donors (Lipinski definition) is 2. The number of hydrogen-bond acceptors (Lipinski definition) is 4. The summed E-state index contributed by atoms with van der Waals surface area (Å²) >= 11 is 6.05. The molecule has 7 heteroatoms. The molecule has 0 fully saturated rings. The molecule has 2 N–H and O–H groups in total. The van der Waals surface area contributed by atoms with E-state index in [1.807, 2.05) is 6.92 Å². The van der Waals surface area contributed by atoms with Crippen LogP contribution >= 0.6 is 11.6 Å². The predicted molar refractivity (Wildman–Crippen MR) is 104 cm³/mol. The first kappa shape index (κ1) is 18.5. The van der Waals surface area contributed by atoms with E-state index in [1.165, 1.54) is 6.20 Å². The van der Waals surface area contributed by atoms with E-state index in [0.29, 0.717) is 27.5 Å². The highest BCUT2D eigenvalue weighted by Gasteiger charge is 2.12. The highest BCUT2D eigenvalue weighted by atomic mass is 35.5. The zero-order chi connectivity index (χ0) is 19.2. The van der Waals surface area contributed by atoms with E-state index in [2.05, 4.69) is 20.6 Å². The van der Waals surface area contributed by atoms with Crippen molar-refractivity contribution in [3.63, 3.8) is 0 Å². The number of pyridine rings is 2. The third-order valence-electron chi connectivity index (χ3n) is 3.92. The Labute approximate surface area is 161 Å². The topological polar surface area (TPSA) is 84.0 Å². The zero-order valence-electron chi connectivity index (χ0n) is 14.6. The van der Waals surface area contributed by atoms with Crippen LogP contribution in [-0.2, 0) is 6.54 Å². The summed E-state index contributed by atoms with van der Waals surface area (Å²) in [6.45, 7) is 2.07. The van der Waals surface area contributed by atoms with Gasteiger partial charge in [-0.25, -0.2) is 0 Å². The van der Waals surface area contributed by atoms with Crippen LogP contribution in [-0.4, -0.2) is 21.8 Å². The number of aryl methyl sites for hydroxylation is 1. The van der Waals surface area contributed by atoms with Crippen molar-refractivity contribution in [2.45, 2.75) is 13.5 Å². The molecule has 1 aromatic carbocycles. The van der Waals surface area contributed by atoms with Crippen LogP contribution in [0.2, 0.25) is 5.02 Å². The Balaban J connectivity index is 1.71. The molecule has 0 atom stereocenters. The fourth-order valence-electron chi connectivity index (χ4n) is 2.40. The summed E-state index contributed by atoms with van der Waals surface area (Å²) in [7, 11) is 0. The first-order valence-electron chi connectivity index (χ1n) is 8.24. The highest BCUT2D eigenvalue weighted by molar-refractivity contribution is 6.31. The van der Waals surface area contributed by atoms with Gasteiger partial charge in [0.1, 0.15) is 0 Å². The maximum Gasteiger partial charge on any atom is 0.257 e. The van der Waals surface area contributed by atoms with Crippen molar-refractivity contribution >= 4 is 29.1 Å². The molecule has 0 radical (unpaired) electrons. The molecular weight excluding hydrogens is 364 g/mol. The molecule has 0 spiro atoms. The Morgan fingerprint density at radius 1 is 1.04 bits per heavy atom. The maximum atomic E-state index is 12.4. The van der Waals surface area contributed by atoms with Gasteiger partial charge < -0.3 is 10.6 Å². The number of nitrogens with one attached hydrogen (secondary N) is 2. The Morgan fingerprint density at radius 2 is 1.85 bits per heavy atom. The fraction of sp³-hybridized carbons (Fsp3) is 0.100. The average molecular weight is 381 g/mol. The van der Waals surface area contributed by atoms with Crippen molar-refractivity contribution < 1.29 is 9.59 Å². The molecule has 136 valence electrons. The number of anilines is 1. The number of carbonyl (C=O) groups is 2. The molecule has 0 saturated heterocycles. The van der Waals surface area contributed by atoms with Crippen molar-refractivity contribution in [2.24, 2.45) is 0 Å². The smallest absolute Gasteiger partial charge is 0.257 e. The predicted octanol–water partition coefficient (Wildman–Crippen LogP) is 3.62. The fourth-order valence-corrected chi connectivity index (χ4v) is 2.59. The standard InChI is InChI=1S/C20H17ClN4O2/c1-13-6-7-14(19(26)24-12-18-16(21)5-3-9-23-18)10-17(13)25-20(27)15-4-2-8-22-11-15/h2-11H,12H2,1H3,(H,24,26)(H,25,27). The third-order valence-corrected chi connectivity index (χ3v) is 4.27. The van der Waals surface area contributed by atoms with Gasteiger partial charge in [0, 0.05) is 29.8 Å². The van der Waals surface area contributed by atoms with E-state index in [9.17, 15) is 9.59 Å². The molecule has 2 heterocycles. The molecule has 0 aliphatic rings. The van der Waals surface area contributed by atoms with Gasteiger partial charge >= 0.3 is 0 Å². The summed E-state index contributed by atoms with van der Waals surface area (Å²) in [4.78, 5) is 32.8. The summed E-state index contributed by atoms with van der Waals surface area (Å²) in [5.41, 5.74) is 2.86. The van der Waals surface area contributed by atoms with Crippen LogP contribution in [0.3, 0.4) is 0 Å². The van der Waals surface area contributed by atoms with Crippen molar-refractivity contribution in [1.29, 1.82) is 0 Å². The summed E-state index contributed by atoms with van der Waals surface area (Å²) in [5.74, 6) is -0.572. The lowest BCUT2D eigenvalue weighted by atomic mass is 10.1. The molecular formula is C20H17ClN4O2. The molecule has 0 aliphatic heterocycles. The summed E-state index contributed by atoms with van der Waals surface area (Å²) in [6, 6.07) is 11.9. The van der Waals surface area contributed by atoms with Gasteiger partial charge in [0.15, 0.2) is 0 Å². The van der Waals surface area contributed by atoms with E-state index in [1.54, 1.807) is 54.9 Å². The second kappa shape index (κ2) is 8.42. The van der Waals surface area contributed by atoms with Crippen molar-refractivity contribution in [2.75, 3.05) is 5.32 Å². The lowest BCUT2D eigenvalue weighted by Gasteiger charge is -2.11. The summed E-state index contributed by atoms with van der Waals surface area (Å²) < 4.78 is 0. The molecule has 0 aliphatic carbocycles. The normalized spacial score (nSPS) is 10.3. The van der Waals surface area contributed by atoms with Crippen molar-refractivity contribution in [3.05, 3.63) is 88.5 Å². The van der Waals surface area contributed by atoms with Gasteiger partial charge in [0.25, 0.3) is 11.8 Å². The molecule has 2 aromatic heterocycles. The minimum absolute atomic E-state index is 0.212. The van der Waals surface area contributed by atoms with Crippen LogP contribution in [0, 0.1) is 6.92 Å². The van der Waals surface area contributed by atoms with Crippen molar-refractivity contribution in [1.82, 2.24) is 15.3 Å². The van der Waals surface area contributed by atoms with Gasteiger partial charge in [0.05, 0.1) is 22.8 Å². The Morgan fingerprint density at radius 3 is 2.59 bits per heavy atom. The average Bonchev–Trinajstić information content (AvgIpc) is 2.69. The first-order chi connectivity index (χ1) is 13.0. The van der Waals surface area contributed by atoms with Crippen LogP contribution in [0.5, 0.6) is 0 Å². The van der Waals surface area contributed by atoms with Gasteiger partial charge in [-0.15, -0.1) is 0 Å². The van der Waals surface area contributed by atoms with Crippen LogP contribution in [0.4, 0.5) is 5.69 Å². The first-order valence-corrected chi connectivity index (χ1v) is 8.62. The number of nitrogens with zero attached hydrogens (tertiary/aromatic N) is 2. The van der Waals surface area contributed by atoms with E-state index in [0.717, 1.165) is 5.56 Å². The number of rotatable bonds is 5. The van der Waals surface area contributed by atoms with E-state index >= 15 is 0 Å². The number of halogens is 1. The maximum absolute atomic E-state index is 12.4. The lowest BCUT2D eigenvalue weighted by molar-refractivity contribution is 0.0949. The Hall–Kier alpha value is -3.25. The number of amides is 2. The Bertz CT molecular complexity index is 977. The third kappa shape index (κ3) is 4.68. The molecule has 0 saturated carbocycles. The minimum Gasteiger partial charge on any atom is -0.346 e. The summed E-state index contributed by atoms with van der Waals surface area (Å²) in [5, 5.41) is 6.08. The van der Waals surface area contributed by atoms with Crippen LogP contribution in [0.25, 0.3) is 0 Å². The Kier molecular flexibility index (Phi) is 5.78. The minimum atomic E-state index is -0.288. The number of carbonyl (C=O) groups excluding carboxylic acids is 2. The molecule has 6 nitrogen and oxygen atoms in total. The SMILES string of the molecule is Cc1ccc(C(=O)NCc2ncccc2Cl)cc1NC(=O)c1cccnc1. The molecule has 0 bridgehead atoms. The lowest BCUT2D eigenvalue weighted by Crippen LogP contribution is -2.24. The quantitative estimate of drug-likeness (QED) is 0.708. The van der Waals surface area contributed by atoms with E-state index < -0.39 is 0 Å². The van der Waals surface area contributed by atoms with Gasteiger partial charge in [0.2, 0.25) is 0 Å². The van der Waals surface area contributed by atoms with Crippen molar-refractivity contribution in [3.8, 4) is 0 Å².